The molecular formula is C16H26Ru. The number of rotatable bonds is 0. The first-order chi connectivity index (χ1) is 7.46. The van der Waals surface area contributed by atoms with Crippen molar-refractivity contribution >= 4 is 0 Å². The largest absolute Gasteiger partial charge is 0.0882 e. The Balaban J connectivity index is -0.000000189. The van der Waals surface area contributed by atoms with Crippen molar-refractivity contribution in [3.8, 4) is 0 Å². The van der Waals surface area contributed by atoms with Crippen molar-refractivity contribution in [2.24, 2.45) is 0 Å². The van der Waals surface area contributed by atoms with Crippen LogP contribution in [0.15, 0.2) is 24.3 Å². The summed E-state index contributed by atoms with van der Waals surface area (Å²) in [5, 5.41) is 0. The van der Waals surface area contributed by atoms with Crippen LogP contribution in [-0.4, -0.2) is 0 Å². The summed E-state index contributed by atoms with van der Waals surface area (Å²) in [7, 11) is 0. The van der Waals surface area contributed by atoms with E-state index in [9.17, 15) is 0 Å². The molecule has 1 aliphatic carbocycles. The minimum absolute atomic E-state index is 0. The smallest absolute Gasteiger partial charge is 0 e. The maximum atomic E-state index is 3.44. The Hall–Kier alpha value is 0.103. The van der Waals surface area contributed by atoms with E-state index in [1.165, 1.54) is 25.7 Å². The zero-order valence-corrected chi connectivity index (χ0v) is 13.1. The first-order valence-electron chi connectivity index (χ1n) is 5.71. The molecule has 17 heavy (non-hydrogen) atoms. The molecule has 0 aromatic heterocycles. The first kappa shape index (κ1) is 22.3. The minimum Gasteiger partial charge on any atom is -0.0882 e. The Bertz CT molecular complexity index is 129. The molecule has 0 bridgehead atoms. The van der Waals surface area contributed by atoms with Gasteiger partial charge in [0.25, 0.3) is 0 Å². The van der Waals surface area contributed by atoms with Crippen LogP contribution in [-0.2, 0) is 19.5 Å². The van der Waals surface area contributed by atoms with Gasteiger partial charge in [0.15, 0.2) is 0 Å². The second-order valence-electron chi connectivity index (χ2n) is 4.01. The Morgan fingerprint density at radius 3 is 0.882 bits per heavy atom. The maximum absolute atomic E-state index is 3.44. The van der Waals surface area contributed by atoms with Crippen LogP contribution in [0.25, 0.3) is 0 Å². The molecule has 1 aliphatic rings. The molecular weight excluding hydrogens is 293 g/mol. The first-order valence-corrected chi connectivity index (χ1v) is 5.71. The normalized spacial score (nSPS) is 13.6. The van der Waals surface area contributed by atoms with Gasteiger partial charge >= 0.3 is 0 Å². The minimum atomic E-state index is 0. The van der Waals surface area contributed by atoms with Gasteiger partial charge in [0.2, 0.25) is 0 Å². The summed E-state index contributed by atoms with van der Waals surface area (Å²) in [6, 6.07) is 0. The predicted octanol–water partition coefficient (Wildman–Crippen LogP) is 5.17. The zero-order valence-electron chi connectivity index (χ0n) is 11.3. The van der Waals surface area contributed by atoms with Gasteiger partial charge in [-0.1, -0.05) is 38.2 Å². The van der Waals surface area contributed by atoms with E-state index >= 15 is 0 Å². The average molecular weight is 319 g/mol. The molecule has 0 heterocycles. The van der Waals surface area contributed by atoms with Crippen LogP contribution < -0.4 is 0 Å². The molecule has 0 nitrogen and oxygen atoms in total. The molecule has 0 aromatic rings. The van der Waals surface area contributed by atoms with Gasteiger partial charge in [0.1, 0.15) is 0 Å². The van der Waals surface area contributed by atoms with E-state index in [2.05, 4.69) is 52.0 Å². The fourth-order valence-corrected chi connectivity index (χ4v) is 0.856. The number of hydrogen-bond acceptors (Lipinski definition) is 0. The molecule has 0 spiro atoms. The second kappa shape index (κ2) is 18.5. The molecule has 0 aromatic carbocycles. The Morgan fingerprint density at radius 2 is 0.765 bits per heavy atom. The van der Waals surface area contributed by atoms with Crippen molar-refractivity contribution in [3.05, 3.63) is 63.8 Å². The molecule has 0 fully saturated rings. The van der Waals surface area contributed by atoms with Crippen molar-refractivity contribution in [2.45, 2.75) is 39.5 Å². The Kier molecular flexibility index (Phi) is 24.2. The standard InChI is InChI=1S/C8H12.2C4H7.Ru/c1-2-4-6-8-7-5-3-1;2*1-4(2)3;/h1-2,7-8H,3-6H2;2*1-2H2,3H3;. The summed E-state index contributed by atoms with van der Waals surface area (Å²) in [6.07, 6.45) is 14.0. The topological polar surface area (TPSA) is 0 Å². The molecule has 6 radical (unpaired) electrons. The summed E-state index contributed by atoms with van der Waals surface area (Å²) < 4.78 is 0. The maximum Gasteiger partial charge on any atom is 0 e. The molecule has 0 amide bonds. The number of allylic oxidation sites excluding steroid dienone is 4. The van der Waals surface area contributed by atoms with Gasteiger partial charge in [-0.2, -0.15) is 0 Å². The van der Waals surface area contributed by atoms with Crippen LogP contribution in [0.2, 0.25) is 0 Å². The molecule has 0 saturated carbocycles. The summed E-state index contributed by atoms with van der Waals surface area (Å²) in [5.74, 6) is 1.83. The molecule has 1 rings (SSSR count). The van der Waals surface area contributed by atoms with E-state index in [1.54, 1.807) is 0 Å². The Morgan fingerprint density at radius 1 is 0.647 bits per heavy atom. The van der Waals surface area contributed by atoms with Crippen LogP contribution in [0, 0.1) is 39.5 Å². The van der Waals surface area contributed by atoms with Gasteiger partial charge in [-0.05, 0) is 65.2 Å². The third-order valence-corrected chi connectivity index (χ3v) is 1.33. The van der Waals surface area contributed by atoms with Gasteiger partial charge in [-0.15, -0.1) is 0 Å². The van der Waals surface area contributed by atoms with E-state index in [0.29, 0.717) is 0 Å². The predicted molar refractivity (Wildman–Crippen MR) is 76.0 cm³/mol. The summed E-state index contributed by atoms with van der Waals surface area (Å²) in [6.45, 7) is 17.5. The Labute approximate surface area is 123 Å². The van der Waals surface area contributed by atoms with Gasteiger partial charge in [0, 0.05) is 19.5 Å². The molecule has 0 saturated heterocycles. The third-order valence-electron chi connectivity index (χ3n) is 1.33. The molecule has 0 atom stereocenters. The molecule has 1 heteroatoms. The van der Waals surface area contributed by atoms with E-state index in [1.807, 2.05) is 13.8 Å². The van der Waals surface area contributed by atoms with Crippen molar-refractivity contribution in [2.75, 3.05) is 0 Å². The summed E-state index contributed by atoms with van der Waals surface area (Å²) in [5.41, 5.74) is 0. The number of hydrogen-bond donors (Lipinski definition) is 0. The molecule has 98 valence electrons. The average Bonchev–Trinajstić information content (AvgIpc) is 1.98. The van der Waals surface area contributed by atoms with Crippen LogP contribution >= 0.6 is 0 Å². The van der Waals surface area contributed by atoms with Crippen LogP contribution in [0.5, 0.6) is 0 Å². The van der Waals surface area contributed by atoms with Crippen molar-refractivity contribution in [1.82, 2.24) is 0 Å². The quantitative estimate of drug-likeness (QED) is 0.427. The van der Waals surface area contributed by atoms with E-state index in [4.69, 9.17) is 0 Å². The molecule has 0 unspecified atom stereocenters. The van der Waals surface area contributed by atoms with Gasteiger partial charge < -0.3 is 0 Å². The van der Waals surface area contributed by atoms with Gasteiger partial charge in [-0.3, -0.25) is 0 Å². The fraction of sp³-hybridized carbons (Fsp3) is 0.375. The van der Waals surface area contributed by atoms with Crippen molar-refractivity contribution in [3.63, 3.8) is 0 Å². The fourth-order valence-electron chi connectivity index (χ4n) is 0.856. The zero-order chi connectivity index (χ0) is 12.8. The second-order valence-corrected chi connectivity index (χ2v) is 4.01. The molecule has 0 N–H and O–H groups in total. The van der Waals surface area contributed by atoms with Gasteiger partial charge in [-0.25, -0.2) is 0 Å². The van der Waals surface area contributed by atoms with Crippen molar-refractivity contribution in [1.29, 1.82) is 0 Å². The van der Waals surface area contributed by atoms with Crippen molar-refractivity contribution < 1.29 is 19.5 Å². The van der Waals surface area contributed by atoms with Crippen LogP contribution in [0.3, 0.4) is 0 Å². The SMILES string of the molecule is C1=CCCC=CCC1.[CH2][C]([CH2])C.[CH2][C]([CH2])C.[Ru]. The molecule has 0 aliphatic heterocycles. The monoisotopic (exact) mass is 320 g/mol. The summed E-state index contributed by atoms with van der Waals surface area (Å²) >= 11 is 0. The van der Waals surface area contributed by atoms with E-state index < -0.39 is 0 Å². The van der Waals surface area contributed by atoms with Gasteiger partial charge in [0.05, 0.1) is 0 Å². The summed E-state index contributed by atoms with van der Waals surface area (Å²) in [4.78, 5) is 0. The van der Waals surface area contributed by atoms with E-state index in [-0.39, 0.29) is 19.5 Å². The van der Waals surface area contributed by atoms with Crippen LogP contribution in [0.4, 0.5) is 0 Å². The van der Waals surface area contributed by atoms with Crippen LogP contribution in [0.1, 0.15) is 39.5 Å². The third kappa shape index (κ3) is 48.8. The van der Waals surface area contributed by atoms with E-state index in [0.717, 1.165) is 11.8 Å².